The SMILES string of the molecule is C=Cc1ccc(COC(=O)c2cccc(NC(=O)C(N=Nc3cc(C(=O)OC)ccc3C(=O)OC)=C(C)O)c2)cc1. The molecule has 2 N–H and O–H groups in total. The maximum absolute atomic E-state index is 12.9. The molecule has 0 heterocycles. The van der Waals surface area contributed by atoms with Crippen LogP contribution in [0.2, 0.25) is 0 Å². The van der Waals surface area contributed by atoms with Crippen LogP contribution in [0, 0.1) is 0 Å². The van der Waals surface area contributed by atoms with Gasteiger partial charge in [-0.1, -0.05) is 43.0 Å². The fourth-order valence-electron chi connectivity index (χ4n) is 3.42. The summed E-state index contributed by atoms with van der Waals surface area (Å²) in [4.78, 5) is 49.6. The van der Waals surface area contributed by atoms with E-state index in [0.717, 1.165) is 11.1 Å². The van der Waals surface area contributed by atoms with E-state index in [2.05, 4.69) is 26.9 Å². The molecule has 3 rings (SSSR count). The molecule has 0 aliphatic heterocycles. The minimum absolute atomic E-state index is 0.0397. The van der Waals surface area contributed by atoms with Crippen molar-refractivity contribution >= 4 is 41.3 Å². The number of hydrogen-bond donors (Lipinski definition) is 2. The van der Waals surface area contributed by atoms with Gasteiger partial charge in [0.1, 0.15) is 18.1 Å². The van der Waals surface area contributed by atoms with E-state index in [1.165, 1.54) is 57.5 Å². The maximum Gasteiger partial charge on any atom is 0.340 e. The summed E-state index contributed by atoms with van der Waals surface area (Å²) in [5.74, 6) is -3.39. The molecular formula is C30H27N3O8. The second kappa shape index (κ2) is 14.0. The lowest BCUT2D eigenvalue weighted by Gasteiger charge is -2.09. The predicted molar refractivity (Wildman–Crippen MR) is 150 cm³/mol. The standard InChI is InChI=1S/C30H27N3O8/c1-5-19-9-11-20(12-10-19)17-41-29(37)21-7-6-8-23(15-21)31-27(35)26(18(2)34)33-32-25-16-22(28(36)39-3)13-14-24(25)30(38)40-4/h5-16,34H,1,17H2,2-4H3,(H,31,35). The number of hydrogen-bond acceptors (Lipinski definition) is 10. The van der Waals surface area contributed by atoms with Gasteiger partial charge in [0.05, 0.1) is 30.9 Å². The Kier molecular flexibility index (Phi) is 10.2. The molecule has 11 heteroatoms. The smallest absolute Gasteiger partial charge is 0.340 e. The van der Waals surface area contributed by atoms with E-state index in [0.29, 0.717) is 0 Å². The molecule has 0 unspecified atom stereocenters. The molecule has 3 aromatic rings. The molecule has 0 saturated heterocycles. The van der Waals surface area contributed by atoms with Crippen LogP contribution in [0.1, 0.15) is 49.1 Å². The number of ether oxygens (including phenoxy) is 3. The van der Waals surface area contributed by atoms with Gasteiger partial charge < -0.3 is 24.6 Å². The summed E-state index contributed by atoms with van der Waals surface area (Å²) in [7, 11) is 2.35. The minimum atomic E-state index is -0.856. The van der Waals surface area contributed by atoms with Gasteiger partial charge in [-0.15, -0.1) is 10.2 Å². The number of benzene rings is 3. The number of esters is 3. The Balaban J connectivity index is 1.77. The number of methoxy groups -OCH3 is 2. The van der Waals surface area contributed by atoms with Crippen LogP contribution < -0.4 is 5.32 Å². The minimum Gasteiger partial charge on any atom is -0.510 e. The van der Waals surface area contributed by atoms with Crippen LogP contribution in [-0.4, -0.2) is 43.1 Å². The number of carbonyl (C=O) groups excluding carboxylic acids is 4. The van der Waals surface area contributed by atoms with Crippen LogP contribution in [0.15, 0.2) is 95.0 Å². The van der Waals surface area contributed by atoms with E-state index in [4.69, 9.17) is 9.47 Å². The lowest BCUT2D eigenvalue weighted by molar-refractivity contribution is -0.113. The van der Waals surface area contributed by atoms with Gasteiger partial charge in [-0.05, 0) is 54.4 Å². The number of amides is 1. The molecule has 0 aromatic heterocycles. The number of rotatable bonds is 10. The second-order valence-corrected chi connectivity index (χ2v) is 8.41. The molecule has 210 valence electrons. The van der Waals surface area contributed by atoms with Crippen LogP contribution in [0.3, 0.4) is 0 Å². The third kappa shape index (κ3) is 7.96. The number of aliphatic hydroxyl groups is 1. The Morgan fingerprint density at radius 1 is 0.902 bits per heavy atom. The molecule has 0 bridgehead atoms. The first-order valence-electron chi connectivity index (χ1n) is 12.1. The van der Waals surface area contributed by atoms with Crippen LogP contribution in [0.4, 0.5) is 11.4 Å². The van der Waals surface area contributed by atoms with E-state index < -0.39 is 35.3 Å². The highest BCUT2D eigenvalue weighted by atomic mass is 16.5. The second-order valence-electron chi connectivity index (χ2n) is 8.41. The molecule has 11 nitrogen and oxygen atoms in total. The summed E-state index contributed by atoms with van der Waals surface area (Å²) in [6.07, 6.45) is 1.71. The lowest BCUT2D eigenvalue weighted by atomic mass is 10.1. The topological polar surface area (TPSA) is 153 Å². The molecule has 0 saturated carbocycles. The quantitative estimate of drug-likeness (QED) is 0.105. The van der Waals surface area contributed by atoms with Gasteiger partial charge in [0, 0.05) is 5.69 Å². The highest BCUT2D eigenvalue weighted by molar-refractivity contribution is 6.04. The van der Waals surface area contributed by atoms with Gasteiger partial charge in [-0.3, -0.25) is 4.79 Å². The van der Waals surface area contributed by atoms with Crippen molar-refractivity contribution in [3.05, 3.63) is 113 Å². The highest BCUT2D eigenvalue weighted by Gasteiger charge is 2.18. The Morgan fingerprint density at radius 3 is 2.22 bits per heavy atom. The predicted octanol–water partition coefficient (Wildman–Crippen LogP) is 5.77. The number of carbonyl (C=O) groups is 4. The summed E-state index contributed by atoms with van der Waals surface area (Å²) < 4.78 is 14.8. The van der Waals surface area contributed by atoms with Crippen molar-refractivity contribution in [1.82, 2.24) is 0 Å². The molecule has 0 aliphatic rings. The van der Waals surface area contributed by atoms with Crippen LogP contribution in [0.25, 0.3) is 6.08 Å². The Hall–Kier alpha value is -5.58. The largest absolute Gasteiger partial charge is 0.510 e. The van der Waals surface area contributed by atoms with Gasteiger partial charge in [0.15, 0.2) is 5.70 Å². The van der Waals surface area contributed by atoms with Gasteiger partial charge in [-0.2, -0.15) is 0 Å². The van der Waals surface area contributed by atoms with Crippen molar-refractivity contribution in [1.29, 1.82) is 0 Å². The number of azo groups is 1. The zero-order valence-electron chi connectivity index (χ0n) is 22.5. The molecule has 41 heavy (non-hydrogen) atoms. The van der Waals surface area contributed by atoms with Gasteiger partial charge >= 0.3 is 17.9 Å². The molecule has 0 fully saturated rings. The summed E-state index contributed by atoms with van der Waals surface area (Å²) in [6.45, 7) is 4.96. The first-order valence-corrected chi connectivity index (χ1v) is 12.1. The zero-order valence-corrected chi connectivity index (χ0v) is 22.5. The summed E-state index contributed by atoms with van der Waals surface area (Å²) >= 11 is 0. The molecule has 0 atom stereocenters. The van der Waals surface area contributed by atoms with Crippen LogP contribution in [0.5, 0.6) is 0 Å². The lowest BCUT2D eigenvalue weighted by Crippen LogP contribution is -2.15. The van der Waals surface area contributed by atoms with Gasteiger partial charge in [0.25, 0.3) is 5.91 Å². The van der Waals surface area contributed by atoms with Crippen molar-refractivity contribution in [3.8, 4) is 0 Å². The number of anilines is 1. The molecule has 1 amide bonds. The molecular weight excluding hydrogens is 530 g/mol. The fourth-order valence-corrected chi connectivity index (χ4v) is 3.42. The van der Waals surface area contributed by atoms with Crippen molar-refractivity contribution in [3.63, 3.8) is 0 Å². The third-order valence-electron chi connectivity index (χ3n) is 5.58. The molecule has 3 aromatic carbocycles. The van der Waals surface area contributed by atoms with E-state index in [-0.39, 0.29) is 34.7 Å². The van der Waals surface area contributed by atoms with Gasteiger partial charge in [-0.25, -0.2) is 14.4 Å². The molecule has 0 aliphatic carbocycles. The van der Waals surface area contributed by atoms with E-state index in [9.17, 15) is 24.3 Å². The summed E-state index contributed by atoms with van der Waals surface area (Å²) in [6, 6.07) is 17.2. The first kappa shape index (κ1) is 30.0. The average molecular weight is 558 g/mol. The summed E-state index contributed by atoms with van der Waals surface area (Å²) in [5, 5.41) is 20.4. The normalized spacial score (nSPS) is 11.3. The van der Waals surface area contributed by atoms with E-state index in [1.54, 1.807) is 12.1 Å². The Bertz CT molecular complexity index is 1540. The highest BCUT2D eigenvalue weighted by Crippen LogP contribution is 2.25. The Morgan fingerprint density at radius 2 is 1.59 bits per heavy atom. The molecule has 0 spiro atoms. The number of nitrogens with zero attached hydrogens (tertiary/aromatic N) is 2. The number of allylic oxidation sites excluding steroid dienone is 1. The first-order chi connectivity index (χ1) is 19.7. The van der Waals surface area contributed by atoms with Crippen molar-refractivity contribution in [2.45, 2.75) is 13.5 Å². The van der Waals surface area contributed by atoms with Crippen LogP contribution in [-0.2, 0) is 25.6 Å². The van der Waals surface area contributed by atoms with Crippen molar-refractivity contribution in [2.75, 3.05) is 19.5 Å². The average Bonchev–Trinajstić information content (AvgIpc) is 2.99. The maximum atomic E-state index is 12.9. The van der Waals surface area contributed by atoms with E-state index in [1.807, 2.05) is 24.3 Å². The fraction of sp³-hybridized carbons (Fsp3) is 0.133. The van der Waals surface area contributed by atoms with Crippen LogP contribution >= 0.6 is 0 Å². The monoisotopic (exact) mass is 557 g/mol. The Labute approximate surface area is 235 Å². The van der Waals surface area contributed by atoms with Gasteiger partial charge in [0.2, 0.25) is 0 Å². The van der Waals surface area contributed by atoms with E-state index >= 15 is 0 Å². The molecule has 0 radical (unpaired) electrons. The van der Waals surface area contributed by atoms with Crippen molar-refractivity contribution in [2.24, 2.45) is 10.2 Å². The number of nitrogens with one attached hydrogen (secondary N) is 1. The van der Waals surface area contributed by atoms with Crippen molar-refractivity contribution < 1.29 is 38.5 Å². The summed E-state index contributed by atoms with van der Waals surface area (Å²) in [5.41, 5.74) is 1.57. The zero-order chi connectivity index (χ0) is 29.9. The third-order valence-corrected chi connectivity index (χ3v) is 5.58. The number of aliphatic hydroxyl groups excluding tert-OH is 1.